The molecule has 0 bridgehead atoms. The third kappa shape index (κ3) is 4.00. The molecule has 4 heterocycles. The summed E-state index contributed by atoms with van der Waals surface area (Å²) in [4.78, 5) is 15.9. The van der Waals surface area contributed by atoms with E-state index in [-0.39, 0.29) is 5.82 Å². The van der Waals surface area contributed by atoms with E-state index >= 15 is 0 Å². The van der Waals surface area contributed by atoms with Crippen LogP contribution in [0.4, 0.5) is 10.3 Å². The summed E-state index contributed by atoms with van der Waals surface area (Å²) in [5.41, 5.74) is 2.76. The van der Waals surface area contributed by atoms with Gasteiger partial charge in [-0.25, -0.2) is 20.2 Å². The van der Waals surface area contributed by atoms with Gasteiger partial charge in [0.1, 0.15) is 23.5 Å². The summed E-state index contributed by atoms with van der Waals surface area (Å²) in [5.74, 6) is 6.79. The standard InChI is InChI=1S/C21H22FN7O2/c22-16-3-1-15(2-4-16)18-19(28-11-14-31-21(28)26-18)17-5-6-24-20(25-17)29(23)8-7-27-9-12-30-13-10-27/h1-6,11,14H,7-10,12-13,23H2. The van der Waals surface area contributed by atoms with Crippen molar-refractivity contribution in [3.63, 3.8) is 0 Å². The maximum Gasteiger partial charge on any atom is 0.306 e. The second kappa shape index (κ2) is 8.42. The molecular formula is C21H22FN7O2. The molecule has 4 aromatic rings. The number of morpholine rings is 1. The van der Waals surface area contributed by atoms with Gasteiger partial charge in [0.15, 0.2) is 0 Å². The van der Waals surface area contributed by atoms with Gasteiger partial charge < -0.3 is 9.15 Å². The van der Waals surface area contributed by atoms with Crippen molar-refractivity contribution in [3.8, 4) is 22.6 Å². The Hall–Kier alpha value is -3.34. The van der Waals surface area contributed by atoms with E-state index in [1.165, 1.54) is 12.1 Å². The lowest BCUT2D eigenvalue weighted by molar-refractivity contribution is 0.0391. The molecule has 1 aliphatic heterocycles. The summed E-state index contributed by atoms with van der Waals surface area (Å²) in [6.07, 6.45) is 4.99. The van der Waals surface area contributed by atoms with Crippen LogP contribution in [0.15, 0.2) is 53.4 Å². The molecule has 1 aliphatic rings. The number of hydrogen-bond donors (Lipinski definition) is 1. The lowest BCUT2D eigenvalue weighted by Gasteiger charge is -2.28. The molecule has 0 amide bonds. The molecule has 1 fully saturated rings. The number of hydrogen-bond acceptors (Lipinski definition) is 8. The summed E-state index contributed by atoms with van der Waals surface area (Å²) in [6.45, 7) is 4.65. The van der Waals surface area contributed by atoms with Crippen LogP contribution in [0, 0.1) is 5.82 Å². The van der Waals surface area contributed by atoms with E-state index in [1.54, 1.807) is 46.3 Å². The number of aromatic nitrogens is 4. The highest BCUT2D eigenvalue weighted by molar-refractivity contribution is 5.79. The van der Waals surface area contributed by atoms with Gasteiger partial charge in [-0.1, -0.05) is 0 Å². The monoisotopic (exact) mass is 423 g/mol. The summed E-state index contributed by atoms with van der Waals surface area (Å²) < 4.78 is 26.1. The fraction of sp³-hybridized carbons (Fsp3) is 0.286. The van der Waals surface area contributed by atoms with Crippen molar-refractivity contribution in [3.05, 3.63) is 54.8 Å². The van der Waals surface area contributed by atoms with Crippen LogP contribution in [-0.2, 0) is 4.74 Å². The van der Waals surface area contributed by atoms with Gasteiger partial charge in [0.2, 0.25) is 5.95 Å². The number of imidazole rings is 1. The first-order valence-corrected chi connectivity index (χ1v) is 10.1. The molecule has 10 heteroatoms. The van der Waals surface area contributed by atoms with Crippen molar-refractivity contribution < 1.29 is 13.5 Å². The van der Waals surface area contributed by atoms with Gasteiger partial charge in [0.25, 0.3) is 0 Å². The second-order valence-electron chi connectivity index (χ2n) is 7.26. The van der Waals surface area contributed by atoms with E-state index in [9.17, 15) is 4.39 Å². The highest BCUT2D eigenvalue weighted by Crippen LogP contribution is 2.32. The van der Waals surface area contributed by atoms with Crippen LogP contribution < -0.4 is 10.9 Å². The third-order valence-corrected chi connectivity index (χ3v) is 5.28. The number of rotatable bonds is 6. The third-order valence-electron chi connectivity index (χ3n) is 5.28. The number of nitrogens with two attached hydrogens (primary N) is 1. The molecule has 0 atom stereocenters. The summed E-state index contributed by atoms with van der Waals surface area (Å²) in [7, 11) is 0. The molecule has 31 heavy (non-hydrogen) atoms. The first-order valence-electron chi connectivity index (χ1n) is 10.1. The van der Waals surface area contributed by atoms with Crippen LogP contribution >= 0.6 is 0 Å². The molecule has 5 rings (SSSR count). The van der Waals surface area contributed by atoms with E-state index in [0.29, 0.717) is 29.7 Å². The quantitative estimate of drug-likeness (QED) is 0.372. The zero-order chi connectivity index (χ0) is 21.2. The minimum absolute atomic E-state index is 0.309. The average molecular weight is 423 g/mol. The van der Waals surface area contributed by atoms with E-state index in [1.807, 2.05) is 0 Å². The van der Waals surface area contributed by atoms with E-state index in [2.05, 4.69) is 19.9 Å². The van der Waals surface area contributed by atoms with Crippen LogP contribution in [-0.4, -0.2) is 63.6 Å². The Bertz CT molecular complexity index is 1170. The SMILES string of the molecule is NN(CCN1CCOCC1)c1nccc(-c2c(-c3ccc(F)cc3)nc3occn23)n1. The molecule has 0 unspecified atom stereocenters. The first kappa shape index (κ1) is 19.6. The topological polar surface area (TPSA) is 98.0 Å². The first-order chi connectivity index (χ1) is 15.2. The van der Waals surface area contributed by atoms with Gasteiger partial charge >= 0.3 is 5.84 Å². The maximum atomic E-state index is 13.4. The average Bonchev–Trinajstić information content (AvgIpc) is 3.40. The molecule has 1 aromatic carbocycles. The second-order valence-corrected chi connectivity index (χ2v) is 7.26. The molecule has 9 nitrogen and oxygen atoms in total. The van der Waals surface area contributed by atoms with Crippen LogP contribution in [0.2, 0.25) is 0 Å². The number of anilines is 1. The number of ether oxygens (including phenoxy) is 1. The predicted molar refractivity (Wildman–Crippen MR) is 113 cm³/mol. The highest BCUT2D eigenvalue weighted by Gasteiger charge is 2.20. The van der Waals surface area contributed by atoms with Crippen molar-refractivity contribution in [2.75, 3.05) is 44.4 Å². The smallest absolute Gasteiger partial charge is 0.306 e. The molecule has 3 aromatic heterocycles. The minimum atomic E-state index is -0.309. The molecule has 0 radical (unpaired) electrons. The van der Waals surface area contributed by atoms with Gasteiger partial charge in [-0.05, 0) is 30.3 Å². The Morgan fingerprint density at radius 2 is 1.90 bits per heavy atom. The fourth-order valence-corrected chi connectivity index (χ4v) is 3.63. The molecular weight excluding hydrogens is 401 g/mol. The summed E-state index contributed by atoms with van der Waals surface area (Å²) in [5, 5.41) is 1.55. The Morgan fingerprint density at radius 1 is 1.10 bits per heavy atom. The normalized spacial score (nSPS) is 14.9. The van der Waals surface area contributed by atoms with Crippen LogP contribution in [0.5, 0.6) is 0 Å². The molecule has 2 N–H and O–H groups in total. The number of benzene rings is 1. The van der Waals surface area contributed by atoms with Gasteiger partial charge in [-0.3, -0.25) is 14.3 Å². The minimum Gasteiger partial charge on any atom is -0.432 e. The van der Waals surface area contributed by atoms with Gasteiger partial charge in [0.05, 0.1) is 18.9 Å². The molecule has 160 valence electrons. The zero-order valence-electron chi connectivity index (χ0n) is 16.8. The zero-order valence-corrected chi connectivity index (χ0v) is 16.8. The van der Waals surface area contributed by atoms with Crippen molar-refractivity contribution in [1.29, 1.82) is 0 Å². The van der Waals surface area contributed by atoms with Crippen molar-refractivity contribution in [1.82, 2.24) is 24.3 Å². The number of hydrazine groups is 1. The number of fused-ring (bicyclic) bond motifs is 1. The number of halogens is 1. The predicted octanol–water partition coefficient (Wildman–Crippen LogP) is 2.20. The Kier molecular flexibility index (Phi) is 5.33. The number of oxazole rings is 1. The van der Waals surface area contributed by atoms with Gasteiger partial charge in [-0.15, -0.1) is 0 Å². The highest BCUT2D eigenvalue weighted by atomic mass is 19.1. The van der Waals surface area contributed by atoms with Crippen LogP contribution in [0.25, 0.3) is 28.5 Å². The molecule has 0 aliphatic carbocycles. The van der Waals surface area contributed by atoms with Crippen LogP contribution in [0.3, 0.4) is 0 Å². The lowest BCUT2D eigenvalue weighted by Crippen LogP contribution is -2.44. The van der Waals surface area contributed by atoms with Crippen molar-refractivity contribution >= 4 is 11.8 Å². The van der Waals surface area contributed by atoms with Crippen molar-refractivity contribution in [2.45, 2.75) is 0 Å². The Balaban J connectivity index is 1.46. The largest absolute Gasteiger partial charge is 0.432 e. The van der Waals surface area contributed by atoms with Gasteiger partial charge in [-0.2, -0.15) is 4.98 Å². The van der Waals surface area contributed by atoms with Crippen LogP contribution in [0.1, 0.15) is 0 Å². The molecule has 0 spiro atoms. The Labute approximate surface area is 177 Å². The van der Waals surface area contributed by atoms with Gasteiger partial charge in [0, 0.05) is 44.1 Å². The van der Waals surface area contributed by atoms with Crippen molar-refractivity contribution in [2.24, 2.45) is 5.84 Å². The van der Waals surface area contributed by atoms with E-state index < -0.39 is 0 Å². The van der Waals surface area contributed by atoms with E-state index in [4.69, 9.17) is 15.0 Å². The summed E-state index contributed by atoms with van der Waals surface area (Å²) >= 11 is 0. The Morgan fingerprint density at radius 3 is 2.71 bits per heavy atom. The molecule has 0 saturated carbocycles. The lowest BCUT2D eigenvalue weighted by atomic mass is 10.1. The maximum absolute atomic E-state index is 13.4. The number of nitrogens with zero attached hydrogens (tertiary/aromatic N) is 6. The molecule has 1 saturated heterocycles. The summed E-state index contributed by atoms with van der Waals surface area (Å²) in [6, 6.07) is 7.96. The fourth-order valence-electron chi connectivity index (χ4n) is 3.63. The van der Waals surface area contributed by atoms with E-state index in [0.717, 1.165) is 44.1 Å².